The number of aliphatic carboxylic acids is 1. The van der Waals surface area contributed by atoms with Crippen molar-refractivity contribution < 1.29 is 147 Å². The predicted octanol–water partition coefficient (Wildman–Crippen LogP) is 4.42. The Morgan fingerprint density at radius 2 is 1.20 bits per heavy atom. The standard InChI is InChI=1S/C87H96Cl2N8O30/c1-37(2)12-8-6-4-5-7-9-13-60(104)92-69-72(107)74(109)77(85(119)120-25-11-10-24-98)127-86(69)126-76-57-30-42-31-58(76)123-54-23-18-41(28-49(54)88)70(105)68-83(116)96-67(84(117)118)47-32-43(100)33-56(124-87-75(110)73(108)71(106)59(36-99)125-87)61(47)46-27-39(16-21-51(46)101)64(80(113)97-68)93-81(114)65(42)94-82(115)66-48-34-45(35-53(103)62(48)89)122-55-29-40(17-22-52(55)102)63(90-3)79(112)91-50(78(111)95-66)26-38-14-19-44(121-57)20-15-38/h14-23,27-35,37,50,59,63-75,77,86-87,90,98-103,105-110H,4-13,24-26,36H2,1-3H3,(H,91,112)(H,92,104)(H,93,114)(H,94,115)(H,95,111)(H,96,116)(H,97,113)(H,117,118)/t50?,59-,63?,64?,65?,66?,67?,68?,69-,70?,71-,72-,73+,74+,75+,77+,86-,87+/m1/s1. The number of halogens is 2. The summed E-state index contributed by atoms with van der Waals surface area (Å²) in [6.07, 6.45) is -15.7. The first-order chi connectivity index (χ1) is 60.7. The molecule has 0 spiro atoms. The number of hydrogen-bond acceptors (Lipinski definition) is 30. The van der Waals surface area contributed by atoms with Crippen LogP contribution in [0, 0.1) is 5.92 Å². The first-order valence-corrected chi connectivity index (χ1v) is 41.7. The van der Waals surface area contributed by atoms with Crippen LogP contribution in [0.5, 0.6) is 69.0 Å². The number of aliphatic hydroxyl groups excluding tert-OH is 8. The molecule has 18 atom stereocenters. The largest absolute Gasteiger partial charge is 0.508 e. The van der Waals surface area contributed by atoms with Gasteiger partial charge < -0.3 is 147 Å². The normalized spacial score (nSPS) is 25.9. The maximum Gasteiger partial charge on any atom is 0.338 e. The van der Waals surface area contributed by atoms with Crippen LogP contribution in [0.15, 0.2) is 115 Å². The fourth-order valence-corrected chi connectivity index (χ4v) is 16.1. The minimum absolute atomic E-state index is 0.123. The highest BCUT2D eigenvalue weighted by atomic mass is 35.5. The number of amides is 7. The van der Waals surface area contributed by atoms with E-state index in [0.717, 1.165) is 105 Å². The summed E-state index contributed by atoms with van der Waals surface area (Å²) in [5.74, 6) is -18.3. The van der Waals surface area contributed by atoms with E-state index in [1.54, 1.807) is 0 Å². The van der Waals surface area contributed by atoms with Crippen molar-refractivity contribution in [3.8, 4) is 80.1 Å². The number of rotatable bonds is 22. The third-order valence-electron chi connectivity index (χ3n) is 22.4. The number of fused-ring (bicyclic) bond motifs is 14. The van der Waals surface area contributed by atoms with E-state index in [1.807, 2.05) is 0 Å². The average molecular weight is 1800 g/mol. The van der Waals surface area contributed by atoms with Crippen LogP contribution in [0.2, 0.25) is 10.0 Å². The number of aliphatic hydroxyl groups is 8. The molecule has 15 rings (SSSR count). The van der Waals surface area contributed by atoms with Crippen LogP contribution in [-0.2, 0) is 63.8 Å². The summed E-state index contributed by atoms with van der Waals surface area (Å²) >= 11 is 14.3. The van der Waals surface area contributed by atoms with Crippen molar-refractivity contribution in [1.29, 1.82) is 0 Å². The number of esters is 1. The van der Waals surface area contributed by atoms with E-state index in [1.165, 1.54) is 49.5 Å². The van der Waals surface area contributed by atoms with Gasteiger partial charge in [-0.3, -0.25) is 33.6 Å². The number of benzene rings is 7. The molecule has 40 heteroatoms. The van der Waals surface area contributed by atoms with Crippen LogP contribution in [0.1, 0.15) is 153 Å². The molecular weight excluding hydrogens is 1710 g/mol. The molecule has 8 heterocycles. The molecule has 2 fully saturated rings. The molecule has 8 unspecified atom stereocenters. The number of carboxylic acids is 1. The molecule has 38 nitrogen and oxygen atoms in total. The zero-order chi connectivity index (χ0) is 91.1. The van der Waals surface area contributed by atoms with Crippen molar-refractivity contribution in [3.05, 3.63) is 164 Å². The molecule has 8 aliphatic heterocycles. The Morgan fingerprint density at radius 1 is 0.543 bits per heavy atom. The van der Waals surface area contributed by atoms with E-state index < -0.39 is 271 Å². The molecule has 7 aromatic carbocycles. The zero-order valence-corrected chi connectivity index (χ0v) is 69.9. The van der Waals surface area contributed by atoms with E-state index in [9.17, 15) is 85.6 Å². The van der Waals surface area contributed by atoms with Gasteiger partial charge in [-0.25, -0.2) is 9.59 Å². The zero-order valence-electron chi connectivity index (χ0n) is 68.3. The third-order valence-corrected chi connectivity index (χ3v) is 23.1. The first-order valence-electron chi connectivity index (χ1n) is 41.0. The van der Waals surface area contributed by atoms with Crippen molar-refractivity contribution in [3.63, 3.8) is 0 Å². The second-order valence-corrected chi connectivity index (χ2v) is 32.6. The first kappa shape index (κ1) is 92.8. The lowest BCUT2D eigenvalue weighted by Crippen LogP contribution is -2.66. The van der Waals surface area contributed by atoms with Crippen LogP contribution in [0.3, 0.4) is 0 Å². The Balaban J connectivity index is 1.04. The Morgan fingerprint density at radius 3 is 1.90 bits per heavy atom. The second-order valence-electron chi connectivity index (χ2n) is 31.9. The average Bonchev–Trinajstić information content (AvgIpc) is 0.758. The smallest absolute Gasteiger partial charge is 0.338 e. The third kappa shape index (κ3) is 20.9. The van der Waals surface area contributed by atoms with Crippen molar-refractivity contribution in [2.75, 3.05) is 26.9 Å². The topological polar surface area (TPSA) is 587 Å². The Kier molecular flexibility index (Phi) is 29.5. The molecule has 17 bridgehead atoms. The molecule has 2 saturated heterocycles. The molecule has 0 aliphatic carbocycles. The summed E-state index contributed by atoms with van der Waals surface area (Å²) in [6.45, 7) is 2.66. The number of carboxylic acid groups (broad SMARTS) is 1. The number of aromatic hydroxyl groups is 4. The summed E-state index contributed by atoms with van der Waals surface area (Å²) in [4.78, 5) is 138. The number of ether oxygens (including phenoxy) is 8. The Bertz CT molecular complexity index is 5300. The van der Waals surface area contributed by atoms with Gasteiger partial charge in [0.25, 0.3) is 0 Å². The molecule has 8 aliphatic rings. The minimum atomic E-state index is -2.47. The number of phenols is 4. The molecule has 21 N–H and O–H groups in total. The highest BCUT2D eigenvalue weighted by Crippen LogP contribution is 2.51. The van der Waals surface area contributed by atoms with E-state index in [-0.39, 0.29) is 60.9 Å². The number of likely N-dealkylation sites (N-methyl/N-ethyl adjacent to an activating group) is 1. The summed E-state index contributed by atoms with van der Waals surface area (Å²) in [5.41, 5.74) is -3.26. The summed E-state index contributed by atoms with van der Waals surface area (Å²) in [6, 6.07) is 4.62. The molecule has 678 valence electrons. The maximum atomic E-state index is 16.8. The molecule has 0 aromatic heterocycles. The quantitative estimate of drug-likeness (QED) is 0.0330. The monoisotopic (exact) mass is 1800 g/mol. The van der Waals surface area contributed by atoms with Gasteiger partial charge in [0.15, 0.2) is 35.1 Å². The highest BCUT2D eigenvalue weighted by molar-refractivity contribution is 6.33. The Labute approximate surface area is 734 Å². The van der Waals surface area contributed by atoms with Gasteiger partial charge in [-0.2, -0.15) is 0 Å². The van der Waals surface area contributed by atoms with Gasteiger partial charge in [0.1, 0.15) is 125 Å². The van der Waals surface area contributed by atoms with E-state index >= 15 is 24.0 Å². The van der Waals surface area contributed by atoms with Gasteiger partial charge >= 0.3 is 11.9 Å². The van der Waals surface area contributed by atoms with Gasteiger partial charge in [-0.05, 0) is 133 Å². The van der Waals surface area contributed by atoms with Crippen LogP contribution >= 0.6 is 23.2 Å². The predicted molar refractivity (Wildman–Crippen MR) is 443 cm³/mol. The molecule has 7 aromatic rings. The van der Waals surface area contributed by atoms with Crippen LogP contribution in [0.4, 0.5) is 0 Å². The van der Waals surface area contributed by atoms with Gasteiger partial charge in [0, 0.05) is 53.8 Å². The SMILES string of the molecule is CNC1C(=O)NC2Cc3ccc(cc3)Oc3cc4cc(c3O[C@@H]3O[C@H](C(=O)OCCCCO)[C@@H](O)[C@H](O)[C@H]3NC(=O)CCCCCCCCC(C)C)Oc3ccc(cc3Cl)C(O)C3NC(=O)C(NC(=O)C4NC(=O)C(NC2=O)c2cc(cc(O)c2Cl)Oc2cc1ccc2O)c1ccc(O)c(c1)-c1c(O[C@H]2O[C@H](CO)[C@@H](O)[C@H](O)[C@@H]2O)cc(O)cc1C(C(=O)O)NC3=O. The number of carbonyl (C=O) groups is 9. The number of unbranched alkanes of at least 4 members (excludes halogenated alkanes) is 6. The van der Waals surface area contributed by atoms with Gasteiger partial charge in [0.05, 0.1) is 23.3 Å². The number of carbonyl (C=O) groups excluding carboxylic acids is 8. The molecular formula is C87H96Cl2N8O30. The fourth-order valence-electron chi connectivity index (χ4n) is 15.7. The van der Waals surface area contributed by atoms with Crippen LogP contribution in [-0.4, -0.2) is 220 Å². The van der Waals surface area contributed by atoms with Gasteiger partial charge in [0.2, 0.25) is 59.7 Å². The summed E-state index contributed by atoms with van der Waals surface area (Å²) in [5, 5.41) is 168. The number of phenolic OH excluding ortho intramolecular Hbond substituents is 4. The lowest BCUT2D eigenvalue weighted by Gasteiger charge is -2.42. The summed E-state index contributed by atoms with van der Waals surface area (Å²) in [7, 11) is 1.42. The van der Waals surface area contributed by atoms with Gasteiger partial charge in [-0.1, -0.05) is 106 Å². The molecule has 0 saturated carbocycles. The molecule has 7 amide bonds. The molecule has 127 heavy (non-hydrogen) atoms. The van der Waals surface area contributed by atoms with Crippen molar-refractivity contribution in [2.45, 2.75) is 194 Å². The van der Waals surface area contributed by atoms with Crippen LogP contribution < -0.4 is 66.2 Å². The number of nitrogens with one attached hydrogen (secondary N) is 8. The van der Waals surface area contributed by atoms with Gasteiger partial charge in [-0.15, -0.1) is 0 Å². The second kappa shape index (κ2) is 40.4. The van der Waals surface area contributed by atoms with Crippen LogP contribution in [0.25, 0.3) is 11.1 Å². The lowest BCUT2D eigenvalue weighted by molar-refractivity contribution is -0.277. The summed E-state index contributed by atoms with van der Waals surface area (Å²) < 4.78 is 50.2. The Hall–Kier alpha value is -11.9. The van der Waals surface area contributed by atoms with E-state index in [2.05, 4.69) is 56.4 Å². The minimum Gasteiger partial charge on any atom is -0.508 e. The van der Waals surface area contributed by atoms with Crippen molar-refractivity contribution >= 4 is 76.5 Å². The maximum absolute atomic E-state index is 16.8. The highest BCUT2D eigenvalue weighted by Gasteiger charge is 2.52. The lowest BCUT2D eigenvalue weighted by atomic mass is 9.89. The van der Waals surface area contributed by atoms with Crippen molar-refractivity contribution in [2.24, 2.45) is 5.92 Å². The molecule has 0 radical (unpaired) electrons. The van der Waals surface area contributed by atoms with Crippen molar-refractivity contribution in [1.82, 2.24) is 42.5 Å². The fraction of sp³-hybridized carbons (Fsp3) is 0.414. The number of hydrogen-bond donors (Lipinski definition) is 21. The van der Waals surface area contributed by atoms with E-state index in [4.69, 9.17) is 61.1 Å². The van der Waals surface area contributed by atoms with E-state index in [0.29, 0.717) is 24.3 Å².